The molecule has 1 unspecified atom stereocenters. The Kier molecular flexibility index (Phi) is 2.62. The molecule has 0 spiro atoms. The Morgan fingerprint density at radius 1 is 1.53 bits per heavy atom. The van der Waals surface area contributed by atoms with Crippen LogP contribution in [0.5, 0.6) is 5.88 Å². The molecule has 4 nitrogen and oxygen atoms in total. The molecule has 2 rings (SSSR count). The minimum Gasteiger partial charge on any atom is -0.419 e. The van der Waals surface area contributed by atoms with Gasteiger partial charge in [-0.15, -0.1) is 0 Å². The fourth-order valence-corrected chi connectivity index (χ4v) is 2.54. The molecule has 1 aliphatic heterocycles. The number of pyridine rings is 1. The average molecular weight is 249 g/mol. The van der Waals surface area contributed by atoms with Crippen LogP contribution in [0.4, 0.5) is 0 Å². The number of rotatable bonds is 2. The Morgan fingerprint density at radius 3 is 2.82 bits per heavy atom. The summed E-state index contributed by atoms with van der Waals surface area (Å²) in [5, 5.41) is 9.10. The average Bonchev–Trinajstić information content (AvgIpc) is 2.55. The molecule has 90 valence electrons. The monoisotopic (exact) mass is 249 g/mol. The van der Waals surface area contributed by atoms with E-state index in [1.807, 2.05) is 18.3 Å². The molecule has 2 heterocycles. The predicted octanol–water partition coefficient (Wildman–Crippen LogP) is 1.45. The molecule has 0 fully saturated rings. The van der Waals surface area contributed by atoms with Crippen LogP contribution < -0.4 is 14.0 Å². The van der Waals surface area contributed by atoms with E-state index in [0.29, 0.717) is 12.3 Å². The highest BCUT2D eigenvalue weighted by Crippen LogP contribution is 2.31. The molecule has 0 saturated carbocycles. The molecule has 1 aliphatic rings. The minimum atomic E-state index is -1.70. The zero-order chi connectivity index (χ0) is 12.7. The van der Waals surface area contributed by atoms with Crippen LogP contribution in [0.25, 0.3) is 0 Å². The van der Waals surface area contributed by atoms with E-state index in [2.05, 4.69) is 25.7 Å². The lowest BCUT2D eigenvalue weighted by molar-refractivity contribution is -0.865. The van der Waals surface area contributed by atoms with Gasteiger partial charge in [0.1, 0.15) is 6.07 Å². The first-order chi connectivity index (χ1) is 7.83. The third-order valence-electron chi connectivity index (χ3n) is 2.45. The second-order valence-electron chi connectivity index (χ2n) is 5.49. The van der Waals surface area contributed by atoms with Crippen molar-refractivity contribution in [3.05, 3.63) is 23.9 Å². The normalized spacial score (nSPS) is 22.5. The van der Waals surface area contributed by atoms with Gasteiger partial charge in [-0.1, -0.05) is 0 Å². The van der Waals surface area contributed by atoms with Gasteiger partial charge in [-0.3, -0.25) is 0 Å². The van der Waals surface area contributed by atoms with Crippen molar-refractivity contribution in [2.45, 2.75) is 38.6 Å². The molecule has 0 aliphatic carbocycles. The van der Waals surface area contributed by atoms with Gasteiger partial charge in [-0.2, -0.15) is 5.26 Å². The van der Waals surface area contributed by atoms with Crippen molar-refractivity contribution in [2.24, 2.45) is 0 Å². The number of aromatic nitrogens is 1. The van der Waals surface area contributed by atoms with Crippen LogP contribution in [0, 0.1) is 11.3 Å². The molecule has 1 aromatic rings. The second kappa shape index (κ2) is 3.74. The highest BCUT2D eigenvalue weighted by molar-refractivity contribution is 6.69. The van der Waals surface area contributed by atoms with Crippen molar-refractivity contribution in [2.75, 3.05) is 0 Å². The van der Waals surface area contributed by atoms with E-state index in [1.165, 1.54) is 0 Å². The first kappa shape index (κ1) is 11.9. The maximum absolute atomic E-state index is 9.10. The topological polar surface area (TPSA) is 46.1 Å². The molecule has 0 saturated heterocycles. The van der Waals surface area contributed by atoms with E-state index in [4.69, 9.17) is 14.5 Å². The van der Waals surface area contributed by atoms with Gasteiger partial charge in [-0.05, 0) is 32.6 Å². The molecule has 0 bridgehead atoms. The minimum absolute atomic E-state index is 0.606. The van der Waals surface area contributed by atoms with Crippen molar-refractivity contribution in [1.82, 2.24) is 0 Å². The molecule has 1 atom stereocenters. The van der Waals surface area contributed by atoms with E-state index in [1.54, 1.807) is 11.7 Å². The molecular formula is C12H17N2O2Si+. The summed E-state index contributed by atoms with van der Waals surface area (Å²) in [6.45, 7) is 8.12. The van der Waals surface area contributed by atoms with Gasteiger partial charge in [0.2, 0.25) is 11.8 Å². The quantitative estimate of drug-likeness (QED) is 0.589. The number of nitriles is 1. The fraction of sp³-hybridized carbons (Fsp3) is 0.500. The largest absolute Gasteiger partial charge is 0.420 e. The summed E-state index contributed by atoms with van der Waals surface area (Å²) in [5.41, 5.74) is 0.253. The first-order valence-electron chi connectivity index (χ1n) is 5.66. The van der Waals surface area contributed by atoms with Crippen LogP contribution in [0.3, 0.4) is 0 Å². The summed E-state index contributed by atoms with van der Waals surface area (Å²) in [4.78, 5) is 0. The van der Waals surface area contributed by atoms with E-state index in [0.717, 1.165) is 5.56 Å². The zero-order valence-electron chi connectivity index (χ0n) is 10.7. The van der Waals surface area contributed by atoms with Gasteiger partial charge in [0.15, 0.2) is 0 Å². The summed E-state index contributed by atoms with van der Waals surface area (Å²) in [6, 6.07) is 6.09. The number of nitrogens with zero attached hydrogens (tertiary/aromatic N) is 2. The Morgan fingerprint density at radius 2 is 2.24 bits per heavy atom. The second-order valence-corrected chi connectivity index (χ2v) is 9.90. The van der Waals surface area contributed by atoms with Gasteiger partial charge in [0.25, 0.3) is 0 Å². The van der Waals surface area contributed by atoms with Crippen LogP contribution in [0.15, 0.2) is 18.3 Å². The summed E-state index contributed by atoms with van der Waals surface area (Å²) in [7, 11) is -1.70. The van der Waals surface area contributed by atoms with Gasteiger partial charge in [0.05, 0.1) is 5.56 Å². The van der Waals surface area contributed by atoms with Gasteiger partial charge >= 0.3 is 14.2 Å². The summed E-state index contributed by atoms with van der Waals surface area (Å²) >= 11 is 0. The van der Waals surface area contributed by atoms with Crippen LogP contribution in [-0.2, 0) is 6.42 Å². The Labute approximate surface area is 102 Å². The van der Waals surface area contributed by atoms with Crippen molar-refractivity contribution >= 4 is 8.32 Å². The van der Waals surface area contributed by atoms with E-state index in [9.17, 15) is 0 Å². The maximum Gasteiger partial charge on any atom is 0.420 e. The van der Waals surface area contributed by atoms with Crippen LogP contribution in [0.1, 0.15) is 12.5 Å². The van der Waals surface area contributed by atoms with Gasteiger partial charge in [-0.25, -0.2) is 0 Å². The zero-order valence-corrected chi connectivity index (χ0v) is 11.7. The number of ether oxygens (including phenoxy) is 1. The lowest BCUT2D eigenvalue weighted by Gasteiger charge is -2.14. The van der Waals surface area contributed by atoms with Gasteiger partial charge < -0.3 is 9.26 Å². The van der Waals surface area contributed by atoms with Crippen LogP contribution in [-0.4, -0.2) is 13.9 Å². The third-order valence-corrected chi connectivity index (χ3v) is 3.20. The Bertz CT molecular complexity index is 490. The van der Waals surface area contributed by atoms with E-state index < -0.39 is 13.9 Å². The molecule has 0 N–H and O–H groups in total. The van der Waals surface area contributed by atoms with Crippen LogP contribution in [0.2, 0.25) is 19.6 Å². The first-order valence-corrected chi connectivity index (χ1v) is 9.07. The number of fused-ring (bicyclic) bond motifs is 1. The smallest absolute Gasteiger partial charge is 0.419 e. The molecule has 1 aromatic heterocycles. The lowest BCUT2D eigenvalue weighted by Crippen LogP contribution is -2.55. The summed E-state index contributed by atoms with van der Waals surface area (Å²) in [5.74, 6) is 0.666. The fourth-order valence-electron chi connectivity index (χ4n) is 1.81. The highest BCUT2D eigenvalue weighted by Gasteiger charge is 2.42. The molecule has 0 aromatic carbocycles. The molecule has 17 heavy (non-hydrogen) atoms. The summed E-state index contributed by atoms with van der Waals surface area (Å²) in [6.07, 6.45) is 2.44. The van der Waals surface area contributed by atoms with Crippen molar-refractivity contribution in [3.8, 4) is 11.9 Å². The van der Waals surface area contributed by atoms with E-state index in [-0.39, 0.29) is 0 Å². The van der Waals surface area contributed by atoms with Crippen molar-refractivity contribution in [1.29, 1.82) is 5.26 Å². The molecule has 0 amide bonds. The maximum atomic E-state index is 9.10. The molecule has 5 heteroatoms. The van der Waals surface area contributed by atoms with Crippen LogP contribution >= 0.6 is 0 Å². The molecular weight excluding hydrogens is 232 g/mol. The number of hydrogen-bond donors (Lipinski definition) is 0. The molecule has 0 radical (unpaired) electrons. The van der Waals surface area contributed by atoms with Crippen molar-refractivity contribution in [3.63, 3.8) is 0 Å². The van der Waals surface area contributed by atoms with Crippen molar-refractivity contribution < 1.29 is 14.0 Å². The number of hydrogen-bond acceptors (Lipinski definition) is 3. The standard InChI is InChI=1S/C12H17N2O2Si/c1-12(9-13)8-10-6-5-7-14(11(10)15-12)16-17(2,3)4/h5-7H,8H2,1-4H3/q+1. The predicted molar refractivity (Wildman–Crippen MR) is 64.9 cm³/mol. The lowest BCUT2D eigenvalue weighted by atomic mass is 10.0. The van der Waals surface area contributed by atoms with Gasteiger partial charge in [0, 0.05) is 17.2 Å². The summed E-state index contributed by atoms with van der Waals surface area (Å²) < 4.78 is 13.3. The SMILES string of the molecule is CC1(C#N)Cc2ccc[n+](O[Si](C)(C)C)c2O1. The van der Waals surface area contributed by atoms with E-state index >= 15 is 0 Å². The Hall–Kier alpha value is -1.54. The highest BCUT2D eigenvalue weighted by atomic mass is 28.4. The third kappa shape index (κ3) is 2.42. The Balaban J connectivity index is 2.36.